The molecule has 0 heterocycles. The summed E-state index contributed by atoms with van der Waals surface area (Å²) in [5.41, 5.74) is 0. The Hall–Kier alpha value is -1.39. The summed E-state index contributed by atoms with van der Waals surface area (Å²) < 4.78 is 4.67. The highest BCUT2D eigenvalue weighted by Crippen LogP contribution is 2.23. The Morgan fingerprint density at radius 3 is 2.37 bits per heavy atom. The van der Waals surface area contributed by atoms with E-state index in [-0.39, 0.29) is 24.0 Å². The lowest BCUT2D eigenvalue weighted by atomic mass is 9.88. The van der Waals surface area contributed by atoms with Gasteiger partial charge in [-0.1, -0.05) is 19.3 Å². The molecule has 1 aliphatic rings. The Labute approximate surface area is 114 Å². The number of ketones is 1. The van der Waals surface area contributed by atoms with Crippen molar-refractivity contribution in [2.75, 3.05) is 7.11 Å². The Morgan fingerprint density at radius 1 is 1.21 bits per heavy atom. The third kappa shape index (κ3) is 5.41. The van der Waals surface area contributed by atoms with Gasteiger partial charge in [0.25, 0.3) is 0 Å². The summed E-state index contributed by atoms with van der Waals surface area (Å²) in [5, 5.41) is 2.73. The molecule has 0 radical (unpaired) electrons. The number of hydrogen-bond acceptors (Lipinski definition) is 4. The van der Waals surface area contributed by atoms with Crippen molar-refractivity contribution in [1.82, 2.24) is 5.32 Å². The molecule has 0 saturated heterocycles. The van der Waals surface area contributed by atoms with Crippen molar-refractivity contribution >= 4 is 17.7 Å². The lowest BCUT2D eigenvalue weighted by Gasteiger charge is -2.23. The summed E-state index contributed by atoms with van der Waals surface area (Å²) in [6.45, 7) is 1.47. The smallest absolute Gasteiger partial charge is 0.328 e. The first-order valence-corrected chi connectivity index (χ1v) is 6.92. The molecular formula is C14H23NO4. The molecule has 0 spiro atoms. The fourth-order valence-corrected chi connectivity index (χ4v) is 2.39. The minimum absolute atomic E-state index is 0.000758. The highest BCUT2D eigenvalue weighted by atomic mass is 16.5. The molecule has 108 valence electrons. The van der Waals surface area contributed by atoms with Gasteiger partial charge < -0.3 is 14.8 Å². The number of Topliss-reactive ketones (excluding diaryl/α,β-unsaturated/α-hetero) is 1. The second-order valence-corrected chi connectivity index (χ2v) is 5.16. The molecule has 0 unspecified atom stereocenters. The summed E-state index contributed by atoms with van der Waals surface area (Å²) in [5.74, 6) is -0.567. The maximum absolute atomic E-state index is 12.1. The predicted molar refractivity (Wildman–Crippen MR) is 70.4 cm³/mol. The number of ether oxygens (including phenoxy) is 1. The molecule has 0 aromatic heterocycles. The van der Waals surface area contributed by atoms with Crippen LogP contribution < -0.4 is 5.32 Å². The number of nitrogens with one attached hydrogen (secondary N) is 1. The number of amides is 1. The van der Waals surface area contributed by atoms with Crippen LogP contribution in [0.15, 0.2) is 0 Å². The number of carbonyl (C=O) groups is 3. The summed E-state index contributed by atoms with van der Waals surface area (Å²) in [6.07, 6.45) is 5.64. The van der Waals surface area contributed by atoms with E-state index < -0.39 is 12.0 Å². The Balaban J connectivity index is 2.52. The summed E-state index contributed by atoms with van der Waals surface area (Å²) in [7, 11) is 1.29. The van der Waals surface area contributed by atoms with Crippen LogP contribution in [0.3, 0.4) is 0 Å². The van der Waals surface area contributed by atoms with Crippen molar-refractivity contribution in [2.45, 2.75) is 57.9 Å². The number of esters is 1. The molecule has 0 aliphatic heterocycles. The molecule has 1 amide bonds. The van der Waals surface area contributed by atoms with E-state index in [0.29, 0.717) is 6.42 Å². The fourth-order valence-electron chi connectivity index (χ4n) is 2.39. The number of hydrogen-bond donors (Lipinski definition) is 1. The summed E-state index contributed by atoms with van der Waals surface area (Å²) >= 11 is 0. The van der Waals surface area contributed by atoms with Crippen molar-refractivity contribution < 1.29 is 19.1 Å². The van der Waals surface area contributed by atoms with Gasteiger partial charge in [0.1, 0.15) is 11.8 Å². The van der Waals surface area contributed by atoms with E-state index in [9.17, 15) is 14.4 Å². The number of methoxy groups -OCH3 is 1. The van der Waals surface area contributed by atoms with Gasteiger partial charge in [0, 0.05) is 12.3 Å². The van der Waals surface area contributed by atoms with E-state index in [1.165, 1.54) is 20.5 Å². The SMILES string of the molecule is COC(=O)[C@@H](CCC(C)=O)NC(=O)C1CCCCC1. The fraction of sp³-hybridized carbons (Fsp3) is 0.786. The molecule has 1 saturated carbocycles. The van der Waals surface area contributed by atoms with Crippen LogP contribution in [0, 0.1) is 5.92 Å². The highest BCUT2D eigenvalue weighted by Gasteiger charge is 2.27. The van der Waals surface area contributed by atoms with E-state index in [1.54, 1.807) is 0 Å². The number of rotatable bonds is 6. The van der Waals surface area contributed by atoms with Crippen LogP contribution in [0.25, 0.3) is 0 Å². The van der Waals surface area contributed by atoms with Gasteiger partial charge in [-0.3, -0.25) is 4.79 Å². The molecule has 19 heavy (non-hydrogen) atoms. The van der Waals surface area contributed by atoms with Gasteiger partial charge in [-0.2, -0.15) is 0 Å². The van der Waals surface area contributed by atoms with Gasteiger partial charge in [-0.25, -0.2) is 4.79 Å². The zero-order valence-electron chi connectivity index (χ0n) is 11.7. The molecule has 5 nitrogen and oxygen atoms in total. The second-order valence-electron chi connectivity index (χ2n) is 5.16. The van der Waals surface area contributed by atoms with E-state index in [4.69, 9.17) is 0 Å². The molecule has 0 aromatic rings. The molecule has 5 heteroatoms. The quantitative estimate of drug-likeness (QED) is 0.743. The number of carbonyl (C=O) groups excluding carboxylic acids is 3. The van der Waals surface area contributed by atoms with Crippen LogP contribution in [0.4, 0.5) is 0 Å². The lowest BCUT2D eigenvalue weighted by molar-refractivity contribution is -0.146. The highest BCUT2D eigenvalue weighted by molar-refractivity contribution is 5.86. The van der Waals surface area contributed by atoms with E-state index in [2.05, 4.69) is 10.1 Å². The van der Waals surface area contributed by atoms with Crippen LogP contribution in [-0.2, 0) is 19.1 Å². The first-order chi connectivity index (χ1) is 9.04. The topological polar surface area (TPSA) is 72.5 Å². The Kier molecular flexibility index (Phi) is 6.53. The van der Waals surface area contributed by atoms with Gasteiger partial charge in [-0.05, 0) is 26.2 Å². The van der Waals surface area contributed by atoms with Crippen molar-refractivity contribution in [3.8, 4) is 0 Å². The average molecular weight is 269 g/mol. The lowest BCUT2D eigenvalue weighted by Crippen LogP contribution is -2.44. The maximum atomic E-state index is 12.1. The summed E-state index contributed by atoms with van der Waals surface area (Å²) in [4.78, 5) is 34.6. The molecule has 1 atom stereocenters. The molecule has 1 aliphatic carbocycles. The minimum atomic E-state index is -0.705. The van der Waals surface area contributed by atoms with Gasteiger partial charge in [0.15, 0.2) is 0 Å². The molecule has 1 rings (SSSR count). The largest absolute Gasteiger partial charge is 0.467 e. The van der Waals surface area contributed by atoms with Crippen molar-refractivity contribution in [1.29, 1.82) is 0 Å². The van der Waals surface area contributed by atoms with Gasteiger partial charge in [-0.15, -0.1) is 0 Å². The van der Waals surface area contributed by atoms with Crippen molar-refractivity contribution in [2.24, 2.45) is 5.92 Å². The molecule has 1 fully saturated rings. The Bertz CT molecular complexity index is 334. The molecular weight excluding hydrogens is 246 g/mol. The normalized spacial score (nSPS) is 17.6. The van der Waals surface area contributed by atoms with Crippen LogP contribution >= 0.6 is 0 Å². The Morgan fingerprint density at radius 2 is 1.84 bits per heavy atom. The van der Waals surface area contributed by atoms with Crippen LogP contribution in [0.5, 0.6) is 0 Å². The third-order valence-corrected chi connectivity index (χ3v) is 3.56. The zero-order valence-corrected chi connectivity index (χ0v) is 11.7. The van der Waals surface area contributed by atoms with Gasteiger partial charge >= 0.3 is 5.97 Å². The summed E-state index contributed by atoms with van der Waals surface area (Å²) in [6, 6.07) is -0.705. The van der Waals surface area contributed by atoms with E-state index in [0.717, 1.165) is 25.7 Å². The van der Waals surface area contributed by atoms with Crippen molar-refractivity contribution in [3.05, 3.63) is 0 Å². The second kappa shape index (κ2) is 7.92. The van der Waals surface area contributed by atoms with Crippen LogP contribution in [0.2, 0.25) is 0 Å². The van der Waals surface area contributed by atoms with E-state index in [1.807, 2.05) is 0 Å². The van der Waals surface area contributed by atoms with E-state index >= 15 is 0 Å². The van der Waals surface area contributed by atoms with Gasteiger partial charge in [0.2, 0.25) is 5.91 Å². The molecule has 0 bridgehead atoms. The first-order valence-electron chi connectivity index (χ1n) is 6.92. The average Bonchev–Trinajstić information content (AvgIpc) is 2.43. The zero-order chi connectivity index (χ0) is 14.3. The van der Waals surface area contributed by atoms with Crippen LogP contribution in [0.1, 0.15) is 51.9 Å². The minimum Gasteiger partial charge on any atom is -0.467 e. The molecule has 0 aromatic carbocycles. The predicted octanol–water partition coefficient (Wildman–Crippen LogP) is 1.59. The van der Waals surface area contributed by atoms with Crippen LogP contribution in [-0.4, -0.2) is 30.8 Å². The standard InChI is InChI=1S/C14H23NO4/c1-10(16)8-9-12(14(18)19-2)15-13(17)11-6-4-3-5-7-11/h11-12H,3-9H2,1-2H3,(H,15,17)/t12-/m1/s1. The van der Waals surface area contributed by atoms with Gasteiger partial charge in [0.05, 0.1) is 7.11 Å². The molecule has 1 N–H and O–H groups in total. The van der Waals surface area contributed by atoms with Crippen molar-refractivity contribution in [3.63, 3.8) is 0 Å². The maximum Gasteiger partial charge on any atom is 0.328 e. The monoisotopic (exact) mass is 269 g/mol. The third-order valence-electron chi connectivity index (χ3n) is 3.56. The first kappa shape index (κ1) is 15.7.